The van der Waals surface area contributed by atoms with Crippen LogP contribution < -0.4 is 15.7 Å². The van der Waals surface area contributed by atoms with Crippen molar-refractivity contribution in [3.63, 3.8) is 0 Å². The monoisotopic (exact) mass is 345 g/mol. The third kappa shape index (κ3) is 3.26. The highest BCUT2D eigenvalue weighted by molar-refractivity contribution is 7.22. The van der Waals surface area contributed by atoms with Crippen molar-refractivity contribution in [2.45, 2.75) is 6.54 Å². The fourth-order valence-corrected chi connectivity index (χ4v) is 3.15. The normalized spacial score (nSPS) is 10.6. The molecule has 1 N–H and O–H groups in total. The standard InChI is InChI=1S/C17H15NO5S/c1-21-11-5-3-4-10(6-11)9-18-15-8-13-14(24-15)7-12(16(19)22-2)17(20)23-13/h3-8,18H,9H2,1-2H3. The lowest BCUT2D eigenvalue weighted by Gasteiger charge is -2.05. The van der Waals surface area contributed by atoms with Gasteiger partial charge in [0, 0.05) is 12.6 Å². The van der Waals surface area contributed by atoms with Crippen LogP contribution in [-0.4, -0.2) is 20.2 Å². The number of thiophene rings is 1. The first kappa shape index (κ1) is 16.1. The molecule has 0 aliphatic carbocycles. The van der Waals surface area contributed by atoms with E-state index in [0.29, 0.717) is 16.8 Å². The largest absolute Gasteiger partial charge is 0.497 e. The maximum absolute atomic E-state index is 11.8. The van der Waals surface area contributed by atoms with Crippen LogP contribution in [0.4, 0.5) is 5.00 Å². The molecule has 124 valence electrons. The van der Waals surface area contributed by atoms with Crippen LogP contribution in [0, 0.1) is 0 Å². The number of benzene rings is 1. The van der Waals surface area contributed by atoms with E-state index >= 15 is 0 Å². The summed E-state index contributed by atoms with van der Waals surface area (Å²) >= 11 is 1.39. The molecule has 0 aliphatic rings. The summed E-state index contributed by atoms with van der Waals surface area (Å²) in [7, 11) is 2.85. The molecular weight excluding hydrogens is 330 g/mol. The summed E-state index contributed by atoms with van der Waals surface area (Å²) in [5.41, 5.74) is 0.687. The summed E-state index contributed by atoms with van der Waals surface area (Å²) in [5.74, 6) is 0.0873. The lowest BCUT2D eigenvalue weighted by atomic mass is 10.2. The SMILES string of the molecule is COC(=O)c1cc2sc(NCc3cccc(OC)c3)cc2oc1=O. The first-order valence-electron chi connectivity index (χ1n) is 7.13. The number of ether oxygens (including phenoxy) is 2. The van der Waals surface area contributed by atoms with Crippen LogP contribution in [0.3, 0.4) is 0 Å². The lowest BCUT2D eigenvalue weighted by molar-refractivity contribution is 0.0596. The average Bonchev–Trinajstić information content (AvgIpc) is 3.00. The molecule has 3 aromatic rings. The predicted molar refractivity (Wildman–Crippen MR) is 92.0 cm³/mol. The van der Waals surface area contributed by atoms with E-state index in [2.05, 4.69) is 10.1 Å². The maximum atomic E-state index is 11.8. The highest BCUT2D eigenvalue weighted by Crippen LogP contribution is 2.30. The van der Waals surface area contributed by atoms with Gasteiger partial charge in [0.1, 0.15) is 11.3 Å². The van der Waals surface area contributed by atoms with Gasteiger partial charge in [-0.2, -0.15) is 0 Å². The number of carbonyl (C=O) groups excluding carboxylic acids is 1. The predicted octanol–water partition coefficient (Wildman–Crippen LogP) is 3.26. The molecule has 6 nitrogen and oxygen atoms in total. The van der Waals surface area contributed by atoms with Crippen molar-refractivity contribution >= 4 is 32.6 Å². The van der Waals surface area contributed by atoms with Gasteiger partial charge in [-0.25, -0.2) is 9.59 Å². The van der Waals surface area contributed by atoms with Crippen molar-refractivity contribution in [2.24, 2.45) is 0 Å². The lowest BCUT2D eigenvalue weighted by Crippen LogP contribution is -2.14. The molecule has 0 unspecified atom stereocenters. The number of hydrogen-bond donors (Lipinski definition) is 1. The van der Waals surface area contributed by atoms with Gasteiger partial charge in [0.25, 0.3) is 0 Å². The van der Waals surface area contributed by atoms with Crippen LogP contribution in [0.25, 0.3) is 10.3 Å². The Kier molecular flexibility index (Phi) is 4.52. The van der Waals surface area contributed by atoms with Gasteiger partial charge in [0.05, 0.1) is 23.9 Å². The van der Waals surface area contributed by atoms with Crippen LogP contribution in [0.15, 0.2) is 45.6 Å². The maximum Gasteiger partial charge on any atom is 0.351 e. The van der Waals surface area contributed by atoms with E-state index in [0.717, 1.165) is 16.3 Å². The summed E-state index contributed by atoms with van der Waals surface area (Å²) in [5, 5.41) is 4.10. The van der Waals surface area contributed by atoms with Gasteiger partial charge in [0.2, 0.25) is 0 Å². The second-order valence-electron chi connectivity index (χ2n) is 4.98. The molecule has 0 amide bonds. The van der Waals surface area contributed by atoms with E-state index in [1.807, 2.05) is 24.3 Å². The first-order chi connectivity index (χ1) is 11.6. The second kappa shape index (κ2) is 6.76. The molecule has 3 rings (SSSR count). The summed E-state index contributed by atoms with van der Waals surface area (Å²) in [4.78, 5) is 23.3. The van der Waals surface area contributed by atoms with Crippen LogP contribution >= 0.6 is 11.3 Å². The molecule has 0 saturated heterocycles. The third-order valence-corrected chi connectivity index (χ3v) is 4.45. The number of rotatable bonds is 5. The molecule has 0 atom stereocenters. The number of anilines is 1. The number of carbonyl (C=O) groups is 1. The Balaban J connectivity index is 1.83. The van der Waals surface area contributed by atoms with Gasteiger partial charge in [-0.05, 0) is 23.8 Å². The van der Waals surface area contributed by atoms with Crippen LogP contribution in [0.2, 0.25) is 0 Å². The van der Waals surface area contributed by atoms with Crippen molar-refractivity contribution in [3.05, 3.63) is 57.9 Å². The van der Waals surface area contributed by atoms with Crippen LogP contribution in [-0.2, 0) is 11.3 Å². The minimum atomic E-state index is -0.704. The Morgan fingerprint density at radius 3 is 2.83 bits per heavy atom. The van der Waals surface area contributed by atoms with Crippen molar-refractivity contribution in [3.8, 4) is 5.75 Å². The summed E-state index contributed by atoms with van der Waals surface area (Å²) in [6, 6.07) is 11.0. The Hall–Kier alpha value is -2.80. The van der Waals surface area contributed by atoms with E-state index in [1.54, 1.807) is 13.2 Å². The topological polar surface area (TPSA) is 77.8 Å². The van der Waals surface area contributed by atoms with Gasteiger partial charge in [0.15, 0.2) is 5.58 Å². The van der Waals surface area contributed by atoms with Gasteiger partial charge >= 0.3 is 11.6 Å². The van der Waals surface area contributed by atoms with Crippen molar-refractivity contribution < 1.29 is 18.7 Å². The molecule has 2 aromatic heterocycles. The number of esters is 1. The summed E-state index contributed by atoms with van der Waals surface area (Å²) in [6.07, 6.45) is 0. The van der Waals surface area contributed by atoms with Crippen molar-refractivity contribution in [2.75, 3.05) is 19.5 Å². The van der Waals surface area contributed by atoms with E-state index in [9.17, 15) is 9.59 Å². The Bertz CT molecular complexity index is 944. The molecule has 0 fully saturated rings. The molecule has 0 bridgehead atoms. The quantitative estimate of drug-likeness (QED) is 0.715. The average molecular weight is 345 g/mol. The van der Waals surface area contributed by atoms with Gasteiger partial charge in [-0.1, -0.05) is 12.1 Å². The molecule has 24 heavy (non-hydrogen) atoms. The number of nitrogens with one attached hydrogen (secondary N) is 1. The number of hydrogen-bond acceptors (Lipinski definition) is 7. The van der Waals surface area contributed by atoms with Gasteiger partial charge in [-0.15, -0.1) is 11.3 Å². The fourth-order valence-electron chi connectivity index (χ4n) is 2.22. The van der Waals surface area contributed by atoms with E-state index < -0.39 is 11.6 Å². The minimum Gasteiger partial charge on any atom is -0.497 e. The highest BCUT2D eigenvalue weighted by Gasteiger charge is 2.15. The number of fused-ring (bicyclic) bond motifs is 1. The van der Waals surface area contributed by atoms with Crippen LogP contribution in [0.5, 0.6) is 5.75 Å². The minimum absolute atomic E-state index is 0.105. The van der Waals surface area contributed by atoms with Gasteiger partial charge in [-0.3, -0.25) is 0 Å². The Labute approximate surface area is 141 Å². The zero-order valence-corrected chi connectivity index (χ0v) is 13.9. The molecule has 7 heteroatoms. The van der Waals surface area contributed by atoms with E-state index in [4.69, 9.17) is 9.15 Å². The fraction of sp³-hybridized carbons (Fsp3) is 0.176. The highest BCUT2D eigenvalue weighted by atomic mass is 32.1. The molecule has 2 heterocycles. The smallest absolute Gasteiger partial charge is 0.351 e. The van der Waals surface area contributed by atoms with Crippen molar-refractivity contribution in [1.29, 1.82) is 0 Å². The van der Waals surface area contributed by atoms with E-state index in [1.165, 1.54) is 24.5 Å². The third-order valence-electron chi connectivity index (χ3n) is 3.43. The zero-order chi connectivity index (χ0) is 17.1. The molecule has 0 aliphatic heterocycles. The van der Waals surface area contributed by atoms with E-state index in [-0.39, 0.29) is 5.56 Å². The molecular formula is C17H15NO5S. The molecule has 0 radical (unpaired) electrons. The van der Waals surface area contributed by atoms with Crippen LogP contribution in [0.1, 0.15) is 15.9 Å². The molecule has 1 aromatic carbocycles. The number of methoxy groups -OCH3 is 2. The van der Waals surface area contributed by atoms with Gasteiger partial charge < -0.3 is 19.2 Å². The Morgan fingerprint density at radius 2 is 2.08 bits per heavy atom. The summed E-state index contributed by atoms with van der Waals surface area (Å²) < 4.78 is 15.7. The first-order valence-corrected chi connectivity index (χ1v) is 7.95. The zero-order valence-electron chi connectivity index (χ0n) is 13.1. The molecule has 0 spiro atoms. The van der Waals surface area contributed by atoms with Crippen molar-refractivity contribution in [1.82, 2.24) is 0 Å². The summed E-state index contributed by atoms with van der Waals surface area (Å²) in [6.45, 7) is 0.595. The second-order valence-corrected chi connectivity index (χ2v) is 6.07. The Morgan fingerprint density at radius 1 is 1.25 bits per heavy atom. The molecule has 0 saturated carbocycles.